The predicted molar refractivity (Wildman–Crippen MR) is 113 cm³/mol. The Balaban J connectivity index is 1.63. The normalized spacial score (nSPS) is 22.9. The highest BCUT2D eigenvalue weighted by Crippen LogP contribution is 2.62. The minimum absolute atomic E-state index is 0.103. The van der Waals surface area contributed by atoms with E-state index in [2.05, 4.69) is 30.3 Å². The van der Waals surface area contributed by atoms with Crippen LogP contribution in [-0.2, 0) is 4.75 Å². The minimum Gasteiger partial charge on any atom is -0.273 e. The van der Waals surface area contributed by atoms with Gasteiger partial charge >= 0.3 is 0 Å². The second-order valence-corrected chi connectivity index (χ2v) is 8.46. The fourth-order valence-electron chi connectivity index (χ4n) is 4.42. The molecule has 0 N–H and O–H groups in total. The Bertz CT molecular complexity index is 1260. The molecule has 1 aromatic heterocycles. The summed E-state index contributed by atoms with van der Waals surface area (Å²) in [5.41, 5.74) is 4.03. The lowest BCUT2D eigenvalue weighted by Gasteiger charge is -2.27. The molecule has 0 radical (unpaired) electrons. The van der Waals surface area contributed by atoms with Gasteiger partial charge in [0.05, 0.1) is 17.0 Å². The number of benzene rings is 3. The van der Waals surface area contributed by atoms with Gasteiger partial charge in [-0.1, -0.05) is 78.9 Å². The largest absolute Gasteiger partial charge is 0.273 e. The fraction of sp³-hybridized carbons (Fsp3) is 0.0833. The van der Waals surface area contributed by atoms with Crippen molar-refractivity contribution in [2.75, 3.05) is 0 Å². The van der Waals surface area contributed by atoms with E-state index in [1.807, 2.05) is 65.2 Å². The van der Waals surface area contributed by atoms with E-state index >= 15 is 0 Å². The van der Waals surface area contributed by atoms with E-state index in [9.17, 15) is 4.79 Å². The molecule has 0 spiro atoms. The van der Waals surface area contributed by atoms with Gasteiger partial charge in [0, 0.05) is 4.91 Å². The molecule has 2 atom stereocenters. The average molecular weight is 380 g/mol. The summed E-state index contributed by atoms with van der Waals surface area (Å²) >= 11 is 1.75. The van der Waals surface area contributed by atoms with E-state index in [4.69, 9.17) is 4.98 Å². The molecular formula is C24H16N2OS. The number of fused-ring (bicyclic) bond motifs is 5. The quantitative estimate of drug-likeness (QED) is 0.471. The number of hydrogen-bond acceptors (Lipinski definition) is 3. The molecule has 2 aliphatic heterocycles. The summed E-state index contributed by atoms with van der Waals surface area (Å²) in [5.74, 6) is 0.676. The van der Waals surface area contributed by atoms with Gasteiger partial charge in [0.15, 0.2) is 0 Å². The number of rotatable bonds is 2. The van der Waals surface area contributed by atoms with Crippen molar-refractivity contribution in [1.82, 2.24) is 9.55 Å². The molecule has 134 valence electrons. The van der Waals surface area contributed by atoms with E-state index in [-0.39, 0.29) is 11.8 Å². The summed E-state index contributed by atoms with van der Waals surface area (Å²) in [6.07, 6.45) is 2.14. The third kappa shape index (κ3) is 1.96. The summed E-state index contributed by atoms with van der Waals surface area (Å²) in [4.78, 5) is 19.7. The van der Waals surface area contributed by atoms with Crippen molar-refractivity contribution in [3.63, 3.8) is 0 Å². The van der Waals surface area contributed by atoms with Gasteiger partial charge in [-0.05, 0) is 23.3 Å². The van der Waals surface area contributed by atoms with Gasteiger partial charge in [0.2, 0.25) is 5.91 Å². The number of allylic oxidation sites excluding steroid dienone is 1. The Morgan fingerprint density at radius 3 is 2.32 bits per heavy atom. The van der Waals surface area contributed by atoms with Gasteiger partial charge in [0.1, 0.15) is 10.6 Å². The van der Waals surface area contributed by atoms with Crippen LogP contribution in [0.5, 0.6) is 0 Å². The van der Waals surface area contributed by atoms with Crippen LogP contribution in [0.1, 0.15) is 21.7 Å². The molecule has 3 heterocycles. The molecule has 0 saturated heterocycles. The smallest absolute Gasteiger partial charge is 0.241 e. The Hall–Kier alpha value is -3.11. The Kier molecular flexibility index (Phi) is 3.23. The summed E-state index contributed by atoms with van der Waals surface area (Å²) in [5, 5.41) is 0. The first-order valence-corrected chi connectivity index (χ1v) is 10.1. The number of carbonyl (C=O) groups excluding carboxylic acids is 1. The molecule has 3 nitrogen and oxygen atoms in total. The minimum atomic E-state index is -0.525. The third-order valence-corrected chi connectivity index (χ3v) is 7.25. The van der Waals surface area contributed by atoms with E-state index in [0.717, 1.165) is 32.9 Å². The monoisotopic (exact) mass is 380 g/mol. The van der Waals surface area contributed by atoms with E-state index in [1.165, 1.54) is 0 Å². The molecule has 6 rings (SSSR count). The highest BCUT2D eigenvalue weighted by molar-refractivity contribution is 8.09. The molecular weight excluding hydrogens is 364 g/mol. The molecule has 2 aliphatic rings. The van der Waals surface area contributed by atoms with Crippen molar-refractivity contribution in [3.8, 4) is 0 Å². The van der Waals surface area contributed by atoms with E-state index in [1.54, 1.807) is 11.8 Å². The van der Waals surface area contributed by atoms with E-state index in [0.29, 0.717) is 0 Å². The van der Waals surface area contributed by atoms with Gasteiger partial charge in [-0.25, -0.2) is 4.98 Å². The second-order valence-electron chi connectivity index (χ2n) is 7.18. The maximum absolute atomic E-state index is 13.6. The van der Waals surface area contributed by atoms with Gasteiger partial charge in [-0.3, -0.25) is 9.36 Å². The molecule has 28 heavy (non-hydrogen) atoms. The van der Waals surface area contributed by atoms with Crippen LogP contribution in [0.2, 0.25) is 0 Å². The molecule has 0 aliphatic carbocycles. The number of carbonyl (C=O) groups is 1. The molecule has 3 aromatic carbocycles. The van der Waals surface area contributed by atoms with Gasteiger partial charge in [-0.15, -0.1) is 11.8 Å². The first-order valence-electron chi connectivity index (χ1n) is 9.33. The fourth-order valence-corrected chi connectivity index (χ4v) is 6.00. The van der Waals surface area contributed by atoms with E-state index < -0.39 is 4.75 Å². The molecule has 0 unspecified atom stereocenters. The van der Waals surface area contributed by atoms with Crippen LogP contribution < -0.4 is 0 Å². The predicted octanol–water partition coefficient (Wildman–Crippen LogP) is 5.34. The lowest BCUT2D eigenvalue weighted by Crippen LogP contribution is -2.28. The summed E-state index contributed by atoms with van der Waals surface area (Å²) < 4.78 is 1.31. The number of hydrogen-bond donors (Lipinski definition) is 0. The lowest BCUT2D eigenvalue weighted by molar-refractivity contribution is 0.0886. The van der Waals surface area contributed by atoms with Gasteiger partial charge < -0.3 is 0 Å². The number of thioether (sulfide) groups is 1. The number of nitrogens with zero attached hydrogens (tertiary/aromatic N) is 2. The third-order valence-electron chi connectivity index (χ3n) is 5.67. The van der Waals surface area contributed by atoms with Crippen LogP contribution >= 0.6 is 11.8 Å². The highest BCUT2D eigenvalue weighted by atomic mass is 32.2. The van der Waals surface area contributed by atoms with Crippen LogP contribution in [-0.4, -0.2) is 15.5 Å². The van der Waals surface area contributed by atoms with Crippen LogP contribution in [0, 0.1) is 5.92 Å². The maximum Gasteiger partial charge on any atom is 0.241 e. The first-order chi connectivity index (χ1) is 13.8. The number of imidazole rings is 1. The average Bonchev–Trinajstić information content (AvgIpc) is 3.40. The van der Waals surface area contributed by atoms with Crippen molar-refractivity contribution in [1.29, 1.82) is 0 Å². The van der Waals surface area contributed by atoms with Crippen LogP contribution in [0.4, 0.5) is 0 Å². The zero-order chi connectivity index (χ0) is 18.7. The van der Waals surface area contributed by atoms with Crippen molar-refractivity contribution >= 4 is 33.6 Å². The zero-order valence-corrected chi connectivity index (χ0v) is 15.8. The molecule has 0 bridgehead atoms. The topological polar surface area (TPSA) is 34.9 Å². The Morgan fingerprint density at radius 1 is 0.857 bits per heavy atom. The van der Waals surface area contributed by atoms with Crippen molar-refractivity contribution in [2.45, 2.75) is 4.75 Å². The van der Waals surface area contributed by atoms with Crippen LogP contribution in [0.3, 0.4) is 0 Å². The summed E-state index contributed by atoms with van der Waals surface area (Å²) in [6, 6.07) is 28.5. The van der Waals surface area contributed by atoms with Crippen LogP contribution in [0.25, 0.3) is 15.9 Å². The molecule has 0 saturated carbocycles. The molecule has 0 amide bonds. The first kappa shape index (κ1) is 15.9. The number of aromatic nitrogens is 2. The number of para-hydroxylation sites is 2. The summed E-state index contributed by atoms with van der Waals surface area (Å²) in [6.45, 7) is 0. The van der Waals surface area contributed by atoms with Crippen molar-refractivity contribution in [3.05, 3.63) is 108 Å². The second kappa shape index (κ2) is 5.69. The molecule has 0 fully saturated rings. The SMILES string of the molecule is O=C1[C@H]2C=C(c3ccccc3)S[C@@]2(c2ccccc2)c2nc3ccccc3n21. The van der Waals surface area contributed by atoms with Crippen LogP contribution in [0.15, 0.2) is 91.0 Å². The summed E-state index contributed by atoms with van der Waals surface area (Å²) in [7, 11) is 0. The van der Waals surface area contributed by atoms with Gasteiger partial charge in [0.25, 0.3) is 0 Å². The Labute approximate surface area is 166 Å². The maximum atomic E-state index is 13.6. The van der Waals surface area contributed by atoms with Gasteiger partial charge in [-0.2, -0.15) is 0 Å². The van der Waals surface area contributed by atoms with Crippen molar-refractivity contribution < 1.29 is 4.79 Å². The molecule has 4 heteroatoms. The lowest BCUT2D eigenvalue weighted by atomic mass is 9.86. The zero-order valence-electron chi connectivity index (χ0n) is 14.9. The standard InChI is InChI=1S/C24H16N2OS/c27-22-18-15-21(16-9-3-1-4-10-16)28-24(18,17-11-5-2-6-12-17)23-25-19-13-7-8-14-20(19)26(22)23/h1-15,18H/t18-,24-/m1/s1. The highest BCUT2D eigenvalue weighted by Gasteiger charge is 2.59. The Morgan fingerprint density at radius 2 is 1.54 bits per heavy atom. The molecule has 4 aromatic rings. The van der Waals surface area contributed by atoms with Crippen molar-refractivity contribution in [2.24, 2.45) is 5.92 Å².